The lowest BCUT2D eigenvalue weighted by Gasteiger charge is -2.08. The van der Waals surface area contributed by atoms with Crippen LogP contribution < -0.4 is 4.74 Å². The fourth-order valence-corrected chi connectivity index (χ4v) is 1.72. The van der Waals surface area contributed by atoms with Gasteiger partial charge >= 0.3 is 5.97 Å². The molecule has 0 atom stereocenters. The normalized spacial score (nSPS) is 10.2. The monoisotopic (exact) mass is 292 g/mol. The van der Waals surface area contributed by atoms with Gasteiger partial charge in [0.1, 0.15) is 30.3 Å². The first kappa shape index (κ1) is 14.6. The van der Waals surface area contributed by atoms with Crippen molar-refractivity contribution in [3.05, 3.63) is 64.7 Å². The fourth-order valence-electron chi connectivity index (χ4n) is 1.72. The first-order valence-corrected chi connectivity index (χ1v) is 5.90. The zero-order valence-corrected chi connectivity index (χ0v) is 10.7. The molecule has 0 fully saturated rings. The minimum Gasteiger partial charge on any atom is -0.489 e. The molecule has 0 spiro atoms. The number of benzene rings is 2. The molecule has 2 aromatic carbocycles. The minimum absolute atomic E-state index is 0.0848. The predicted octanol–water partition coefficient (Wildman–Crippen LogP) is 3.05. The second-order valence-electron chi connectivity index (χ2n) is 4.25. The van der Waals surface area contributed by atoms with Crippen molar-refractivity contribution in [2.45, 2.75) is 6.61 Å². The summed E-state index contributed by atoms with van der Waals surface area (Å²) in [6.45, 7) is -0.0848. The van der Waals surface area contributed by atoms with Crippen LogP contribution in [0.5, 0.6) is 5.75 Å². The highest BCUT2D eigenvalue weighted by Crippen LogP contribution is 2.18. The summed E-state index contributed by atoms with van der Waals surface area (Å²) < 4.78 is 31.9. The van der Waals surface area contributed by atoms with E-state index in [0.717, 1.165) is 24.3 Å². The number of carbonyl (C=O) groups is 2. The summed E-state index contributed by atoms with van der Waals surface area (Å²) in [5, 5.41) is 8.71. The molecule has 0 aliphatic carbocycles. The summed E-state index contributed by atoms with van der Waals surface area (Å²) in [5.41, 5.74) is 0.0690. The van der Waals surface area contributed by atoms with Gasteiger partial charge in [0.2, 0.25) is 0 Å². The van der Waals surface area contributed by atoms with Crippen molar-refractivity contribution in [3.63, 3.8) is 0 Å². The van der Waals surface area contributed by atoms with E-state index in [1.807, 2.05) is 0 Å². The maximum atomic E-state index is 13.5. The van der Waals surface area contributed by atoms with Gasteiger partial charge in [0, 0.05) is 11.6 Å². The number of aldehydes is 1. The zero-order chi connectivity index (χ0) is 15.4. The molecule has 0 aromatic heterocycles. The lowest BCUT2D eigenvalue weighted by Crippen LogP contribution is -2.03. The summed E-state index contributed by atoms with van der Waals surface area (Å²) in [4.78, 5) is 21.3. The predicted molar refractivity (Wildman–Crippen MR) is 69.5 cm³/mol. The summed E-state index contributed by atoms with van der Waals surface area (Å²) in [6, 6.07) is 7.04. The van der Waals surface area contributed by atoms with Crippen LogP contribution in [0.3, 0.4) is 0 Å². The third kappa shape index (κ3) is 3.62. The van der Waals surface area contributed by atoms with Gasteiger partial charge in [0.25, 0.3) is 0 Å². The number of hydrogen-bond donors (Lipinski definition) is 1. The number of halogens is 2. The van der Waals surface area contributed by atoms with E-state index in [0.29, 0.717) is 11.8 Å². The zero-order valence-electron chi connectivity index (χ0n) is 10.7. The van der Waals surface area contributed by atoms with Crippen LogP contribution in [0.15, 0.2) is 36.4 Å². The summed E-state index contributed by atoms with van der Waals surface area (Å²) in [6.07, 6.45) is 0.483. The Morgan fingerprint density at radius 3 is 2.57 bits per heavy atom. The Morgan fingerprint density at radius 1 is 1.19 bits per heavy atom. The molecule has 0 saturated carbocycles. The SMILES string of the molecule is O=Cc1cc(F)cc(OCc2ccc(C(=O)O)c(F)c2)c1. The average molecular weight is 292 g/mol. The maximum absolute atomic E-state index is 13.5. The second kappa shape index (κ2) is 6.13. The van der Waals surface area contributed by atoms with Gasteiger partial charge in [-0.25, -0.2) is 13.6 Å². The number of aromatic carboxylic acids is 1. The Bertz CT molecular complexity index is 698. The topological polar surface area (TPSA) is 63.6 Å². The number of rotatable bonds is 5. The highest BCUT2D eigenvalue weighted by atomic mass is 19.1. The van der Waals surface area contributed by atoms with Crippen molar-refractivity contribution in [1.82, 2.24) is 0 Å². The highest BCUT2D eigenvalue weighted by Gasteiger charge is 2.10. The van der Waals surface area contributed by atoms with E-state index in [9.17, 15) is 18.4 Å². The number of carboxylic acid groups (broad SMARTS) is 1. The lowest BCUT2D eigenvalue weighted by atomic mass is 10.1. The Morgan fingerprint density at radius 2 is 1.95 bits per heavy atom. The second-order valence-corrected chi connectivity index (χ2v) is 4.25. The molecule has 0 aliphatic heterocycles. The van der Waals surface area contributed by atoms with Crippen molar-refractivity contribution in [1.29, 1.82) is 0 Å². The Labute approximate surface area is 118 Å². The van der Waals surface area contributed by atoms with E-state index in [2.05, 4.69) is 0 Å². The van der Waals surface area contributed by atoms with Gasteiger partial charge in [0.05, 0.1) is 5.56 Å². The molecule has 0 radical (unpaired) electrons. The minimum atomic E-state index is -1.36. The van der Waals surface area contributed by atoms with Crippen LogP contribution in [0.25, 0.3) is 0 Å². The molecular formula is C15H10F2O4. The van der Waals surface area contributed by atoms with Crippen molar-refractivity contribution >= 4 is 12.3 Å². The lowest BCUT2D eigenvalue weighted by molar-refractivity contribution is 0.0691. The van der Waals surface area contributed by atoms with Crippen LogP contribution in [0.4, 0.5) is 8.78 Å². The van der Waals surface area contributed by atoms with Crippen LogP contribution in [-0.2, 0) is 6.61 Å². The molecule has 0 unspecified atom stereocenters. The summed E-state index contributed by atoms with van der Waals surface area (Å²) in [7, 11) is 0. The highest BCUT2D eigenvalue weighted by molar-refractivity contribution is 5.87. The van der Waals surface area contributed by atoms with Crippen LogP contribution >= 0.6 is 0 Å². The number of carboxylic acids is 1. The van der Waals surface area contributed by atoms with E-state index in [1.54, 1.807) is 0 Å². The largest absolute Gasteiger partial charge is 0.489 e. The first-order valence-electron chi connectivity index (χ1n) is 5.90. The molecule has 2 rings (SSSR count). The Hall–Kier alpha value is -2.76. The smallest absolute Gasteiger partial charge is 0.338 e. The molecular weight excluding hydrogens is 282 g/mol. The molecule has 0 amide bonds. The third-order valence-electron chi connectivity index (χ3n) is 2.70. The van der Waals surface area contributed by atoms with Crippen molar-refractivity contribution in [3.8, 4) is 5.75 Å². The summed E-state index contributed by atoms with van der Waals surface area (Å²) >= 11 is 0. The van der Waals surface area contributed by atoms with Crippen LogP contribution in [0.2, 0.25) is 0 Å². The molecule has 4 nitrogen and oxygen atoms in total. The van der Waals surface area contributed by atoms with Gasteiger partial charge in [-0.15, -0.1) is 0 Å². The van der Waals surface area contributed by atoms with Gasteiger partial charge in [0.15, 0.2) is 0 Å². The fraction of sp³-hybridized carbons (Fsp3) is 0.0667. The van der Waals surface area contributed by atoms with Crippen LogP contribution in [-0.4, -0.2) is 17.4 Å². The molecule has 21 heavy (non-hydrogen) atoms. The number of hydrogen-bond acceptors (Lipinski definition) is 3. The van der Waals surface area contributed by atoms with Gasteiger partial charge < -0.3 is 9.84 Å². The first-order chi connectivity index (χ1) is 9.99. The molecule has 0 bridgehead atoms. The van der Waals surface area contributed by atoms with Gasteiger partial charge in [-0.2, -0.15) is 0 Å². The molecule has 1 N–H and O–H groups in total. The van der Waals surface area contributed by atoms with Gasteiger partial charge in [-0.05, 0) is 29.8 Å². The summed E-state index contributed by atoms with van der Waals surface area (Å²) in [5.74, 6) is -2.74. The quantitative estimate of drug-likeness (QED) is 0.860. The molecule has 0 heterocycles. The molecule has 108 valence electrons. The molecule has 0 saturated heterocycles. The molecule has 2 aromatic rings. The average Bonchev–Trinajstić information content (AvgIpc) is 2.44. The van der Waals surface area contributed by atoms with E-state index in [1.165, 1.54) is 12.1 Å². The van der Waals surface area contributed by atoms with Crippen LogP contribution in [0, 0.1) is 11.6 Å². The number of ether oxygens (including phenoxy) is 1. The van der Waals surface area contributed by atoms with Crippen LogP contribution in [0.1, 0.15) is 26.3 Å². The van der Waals surface area contributed by atoms with E-state index < -0.39 is 23.2 Å². The van der Waals surface area contributed by atoms with E-state index in [-0.39, 0.29) is 17.9 Å². The maximum Gasteiger partial charge on any atom is 0.338 e. The van der Waals surface area contributed by atoms with Crippen molar-refractivity contribution in [2.75, 3.05) is 0 Å². The van der Waals surface area contributed by atoms with Crippen molar-refractivity contribution < 1.29 is 28.2 Å². The van der Waals surface area contributed by atoms with Gasteiger partial charge in [-0.3, -0.25) is 4.79 Å². The van der Waals surface area contributed by atoms with E-state index >= 15 is 0 Å². The third-order valence-corrected chi connectivity index (χ3v) is 2.70. The molecule has 6 heteroatoms. The van der Waals surface area contributed by atoms with Gasteiger partial charge in [-0.1, -0.05) is 6.07 Å². The number of carbonyl (C=O) groups excluding carboxylic acids is 1. The Kier molecular flexibility index (Phi) is 4.27. The standard InChI is InChI=1S/C15H10F2O4/c16-11-3-10(7-18)4-12(6-11)21-8-9-1-2-13(15(19)20)14(17)5-9/h1-7H,8H2,(H,19,20). The van der Waals surface area contributed by atoms with Crippen molar-refractivity contribution in [2.24, 2.45) is 0 Å². The molecule has 0 aliphatic rings. The Balaban J connectivity index is 2.13. The van der Waals surface area contributed by atoms with E-state index in [4.69, 9.17) is 9.84 Å².